The zero-order valence-corrected chi connectivity index (χ0v) is 6.73. The van der Waals surface area contributed by atoms with Crippen LogP contribution in [0.2, 0.25) is 0 Å². The summed E-state index contributed by atoms with van der Waals surface area (Å²) in [6, 6.07) is -0.480. The van der Waals surface area contributed by atoms with Crippen LogP contribution in [-0.4, -0.2) is 41.3 Å². The average Bonchev–Trinajstić information content (AvgIpc) is 2.30. The van der Waals surface area contributed by atoms with Crippen molar-refractivity contribution in [1.29, 1.82) is 0 Å². The number of aliphatic carboxylic acids is 1. The molecule has 0 radical (unpaired) electrons. The fourth-order valence-corrected chi connectivity index (χ4v) is 0.994. The maximum absolute atomic E-state index is 11.1. The van der Waals surface area contributed by atoms with Gasteiger partial charge in [-0.3, -0.25) is 14.6 Å². The van der Waals surface area contributed by atoms with Crippen molar-refractivity contribution in [3.63, 3.8) is 0 Å². The van der Waals surface area contributed by atoms with Crippen molar-refractivity contribution in [1.82, 2.24) is 4.90 Å². The molecule has 1 N–H and O–H groups in total. The Hall–Kier alpha value is -1.39. The zero-order chi connectivity index (χ0) is 9.14. The smallest absolute Gasteiger partial charge is 0.303 e. The molecular weight excluding hydrogens is 160 g/mol. The van der Waals surface area contributed by atoms with E-state index in [0.29, 0.717) is 0 Å². The first kappa shape index (κ1) is 8.70. The Balaban J connectivity index is 2.40. The zero-order valence-electron chi connectivity index (χ0n) is 6.73. The molecule has 1 aliphatic rings. The molecule has 5 nitrogen and oxygen atoms in total. The fraction of sp³-hybridized carbons (Fsp3) is 0.571. The molecule has 1 amide bonds. The second-order valence-electron chi connectivity index (χ2n) is 2.66. The highest BCUT2D eigenvalue weighted by Crippen LogP contribution is 2.09. The molecule has 1 atom stereocenters. The highest BCUT2D eigenvalue weighted by Gasteiger charge is 2.25. The molecule has 0 fully saturated rings. The van der Waals surface area contributed by atoms with Gasteiger partial charge in [0.15, 0.2) is 0 Å². The third kappa shape index (κ3) is 1.81. The van der Waals surface area contributed by atoms with Crippen LogP contribution in [0.4, 0.5) is 0 Å². The molecule has 5 heteroatoms. The van der Waals surface area contributed by atoms with Gasteiger partial charge in [0.1, 0.15) is 6.04 Å². The van der Waals surface area contributed by atoms with Gasteiger partial charge < -0.3 is 10.0 Å². The number of hydrogen-bond acceptors (Lipinski definition) is 3. The van der Waals surface area contributed by atoms with Gasteiger partial charge in [0.05, 0.1) is 6.34 Å². The summed E-state index contributed by atoms with van der Waals surface area (Å²) in [4.78, 5) is 26.5. The molecule has 0 aromatic carbocycles. The third-order valence-electron chi connectivity index (χ3n) is 1.68. The number of carboxylic acids is 1. The van der Waals surface area contributed by atoms with Gasteiger partial charge in [0.25, 0.3) is 5.91 Å². The van der Waals surface area contributed by atoms with Gasteiger partial charge in [-0.25, -0.2) is 0 Å². The van der Waals surface area contributed by atoms with E-state index >= 15 is 0 Å². The van der Waals surface area contributed by atoms with Crippen molar-refractivity contribution < 1.29 is 14.7 Å². The molecule has 1 rings (SSSR count). The summed E-state index contributed by atoms with van der Waals surface area (Å²) >= 11 is 0. The van der Waals surface area contributed by atoms with Crippen molar-refractivity contribution in [2.75, 3.05) is 7.05 Å². The van der Waals surface area contributed by atoms with Crippen molar-refractivity contribution >= 4 is 18.2 Å². The molecular formula is C7H10N2O3. The lowest BCUT2D eigenvalue weighted by Crippen LogP contribution is -2.27. The van der Waals surface area contributed by atoms with Crippen LogP contribution in [0.15, 0.2) is 4.99 Å². The second kappa shape index (κ2) is 3.34. The second-order valence-corrected chi connectivity index (χ2v) is 2.66. The summed E-state index contributed by atoms with van der Waals surface area (Å²) in [6.45, 7) is 0. The number of rotatable bonds is 3. The van der Waals surface area contributed by atoms with E-state index < -0.39 is 12.0 Å². The molecule has 0 aromatic heterocycles. The van der Waals surface area contributed by atoms with E-state index in [1.54, 1.807) is 7.05 Å². The first-order valence-corrected chi connectivity index (χ1v) is 3.63. The normalized spacial score (nSPS) is 21.9. The lowest BCUT2D eigenvalue weighted by molar-refractivity contribution is -0.137. The number of amides is 1. The quantitative estimate of drug-likeness (QED) is 0.633. The minimum Gasteiger partial charge on any atom is -0.481 e. The summed E-state index contributed by atoms with van der Waals surface area (Å²) in [5.74, 6) is -1.02. The van der Waals surface area contributed by atoms with E-state index in [1.165, 1.54) is 11.2 Å². The molecule has 1 aliphatic heterocycles. The van der Waals surface area contributed by atoms with E-state index in [0.717, 1.165) is 0 Å². The van der Waals surface area contributed by atoms with Gasteiger partial charge in [0.2, 0.25) is 0 Å². The molecule has 1 unspecified atom stereocenters. The Labute approximate surface area is 69.7 Å². The Morgan fingerprint density at radius 1 is 1.83 bits per heavy atom. The summed E-state index contributed by atoms with van der Waals surface area (Å²) < 4.78 is 0. The van der Waals surface area contributed by atoms with Crippen LogP contribution in [0.1, 0.15) is 12.8 Å². The minimum absolute atomic E-state index is 0.0123. The highest BCUT2D eigenvalue weighted by atomic mass is 16.4. The third-order valence-corrected chi connectivity index (χ3v) is 1.68. The molecule has 0 saturated carbocycles. The maximum atomic E-state index is 11.1. The predicted octanol–water partition coefficient (Wildman–Crippen LogP) is -0.280. The van der Waals surface area contributed by atoms with Crippen LogP contribution in [0.3, 0.4) is 0 Å². The molecule has 66 valence electrons. The first-order chi connectivity index (χ1) is 5.61. The number of carbonyl (C=O) groups is 2. The van der Waals surface area contributed by atoms with Gasteiger partial charge in [-0.1, -0.05) is 0 Å². The molecule has 0 bridgehead atoms. The van der Waals surface area contributed by atoms with Crippen LogP contribution in [-0.2, 0) is 9.59 Å². The van der Waals surface area contributed by atoms with E-state index in [4.69, 9.17) is 5.11 Å². The largest absolute Gasteiger partial charge is 0.481 e. The van der Waals surface area contributed by atoms with Gasteiger partial charge in [-0.05, 0) is 6.42 Å². The Bertz CT molecular complexity index is 237. The SMILES string of the molecule is CN1C=NC(CCC(=O)O)C1=O. The molecule has 0 aromatic rings. The van der Waals surface area contributed by atoms with E-state index in [2.05, 4.69) is 4.99 Å². The molecule has 1 heterocycles. The highest BCUT2D eigenvalue weighted by molar-refractivity contribution is 5.96. The van der Waals surface area contributed by atoms with Crippen LogP contribution in [0, 0.1) is 0 Å². The fourth-order valence-electron chi connectivity index (χ4n) is 0.994. The van der Waals surface area contributed by atoms with Crippen molar-refractivity contribution in [2.24, 2.45) is 4.99 Å². The summed E-state index contributed by atoms with van der Waals surface area (Å²) in [7, 11) is 1.60. The summed E-state index contributed by atoms with van der Waals surface area (Å²) in [5, 5.41) is 8.35. The first-order valence-electron chi connectivity index (χ1n) is 3.63. The van der Waals surface area contributed by atoms with E-state index in [-0.39, 0.29) is 18.7 Å². The predicted molar refractivity (Wildman–Crippen MR) is 41.9 cm³/mol. The lowest BCUT2D eigenvalue weighted by Gasteiger charge is -2.06. The Kier molecular flexibility index (Phi) is 2.42. The van der Waals surface area contributed by atoms with E-state index in [9.17, 15) is 9.59 Å². The van der Waals surface area contributed by atoms with Gasteiger partial charge in [0, 0.05) is 13.5 Å². The van der Waals surface area contributed by atoms with Crippen LogP contribution >= 0.6 is 0 Å². The van der Waals surface area contributed by atoms with Crippen molar-refractivity contribution in [3.05, 3.63) is 0 Å². The van der Waals surface area contributed by atoms with Gasteiger partial charge in [-0.15, -0.1) is 0 Å². The number of aliphatic imine (C=N–C) groups is 1. The average molecular weight is 170 g/mol. The van der Waals surface area contributed by atoms with Crippen LogP contribution in [0.5, 0.6) is 0 Å². The lowest BCUT2D eigenvalue weighted by atomic mass is 10.1. The van der Waals surface area contributed by atoms with Crippen LogP contribution < -0.4 is 0 Å². The molecule has 0 spiro atoms. The summed E-state index contributed by atoms with van der Waals surface area (Å²) in [5.41, 5.74) is 0. The number of carboxylic acid groups (broad SMARTS) is 1. The van der Waals surface area contributed by atoms with Crippen molar-refractivity contribution in [2.45, 2.75) is 18.9 Å². The van der Waals surface area contributed by atoms with Gasteiger partial charge in [-0.2, -0.15) is 0 Å². The number of likely N-dealkylation sites (N-methyl/N-ethyl adjacent to an activating group) is 1. The molecule has 0 aliphatic carbocycles. The van der Waals surface area contributed by atoms with Crippen LogP contribution in [0.25, 0.3) is 0 Å². The summed E-state index contributed by atoms with van der Waals surface area (Å²) in [6.07, 6.45) is 1.70. The number of hydrogen-bond donors (Lipinski definition) is 1. The minimum atomic E-state index is -0.896. The number of nitrogens with zero attached hydrogens (tertiary/aromatic N) is 2. The monoisotopic (exact) mass is 170 g/mol. The Morgan fingerprint density at radius 2 is 2.50 bits per heavy atom. The topological polar surface area (TPSA) is 70.0 Å². The standard InChI is InChI=1S/C7H10N2O3/c1-9-4-8-5(7(9)12)2-3-6(10)11/h4-5H,2-3H2,1H3,(H,10,11). The van der Waals surface area contributed by atoms with E-state index in [1.807, 2.05) is 0 Å². The number of carbonyl (C=O) groups excluding carboxylic acids is 1. The molecule has 12 heavy (non-hydrogen) atoms. The maximum Gasteiger partial charge on any atom is 0.303 e. The van der Waals surface area contributed by atoms with Gasteiger partial charge >= 0.3 is 5.97 Å². The van der Waals surface area contributed by atoms with Crippen molar-refractivity contribution in [3.8, 4) is 0 Å². The molecule has 0 saturated heterocycles. The Morgan fingerprint density at radius 3 is 2.92 bits per heavy atom.